The van der Waals surface area contributed by atoms with Crippen LogP contribution in [-0.4, -0.2) is 90.4 Å². The fourth-order valence-electron chi connectivity index (χ4n) is 5.55. The molecule has 5 N–H and O–H groups in total. The van der Waals surface area contributed by atoms with Gasteiger partial charge in [0, 0.05) is 30.4 Å². The fourth-order valence-corrected chi connectivity index (χ4v) is 5.55. The van der Waals surface area contributed by atoms with Crippen LogP contribution in [0, 0.1) is 6.92 Å². The van der Waals surface area contributed by atoms with Gasteiger partial charge in [0.15, 0.2) is 0 Å². The average molecular weight is 481 g/mol. The number of carboxylic acids is 1. The van der Waals surface area contributed by atoms with Crippen LogP contribution in [0.4, 0.5) is 0 Å². The molecule has 35 heavy (non-hydrogen) atoms. The standard InChI is InChI=1S/C24H32N8O3/c1-14-10-15(11-17-13-26-28-20(14)17)12-19(25)23(33)32-8-4-18(5-9-32)31-6-2-16(3-7-31)21-27-22(24(34)35)30-29-21/h10-11,13,16,18-19H,2-9,12,25H2,1H3,(H,26,28)(H,34,35)(H,27,29,30)/t19-/m1/s1. The number of nitrogens with two attached hydrogens (primary N) is 1. The number of aromatic nitrogens is 5. The minimum atomic E-state index is -1.09. The highest BCUT2D eigenvalue weighted by molar-refractivity contribution is 5.84. The summed E-state index contributed by atoms with van der Waals surface area (Å²) in [6, 6.07) is 4.02. The molecule has 186 valence electrons. The molecule has 0 saturated carbocycles. The Balaban J connectivity index is 1.10. The highest BCUT2D eigenvalue weighted by Gasteiger charge is 2.32. The Labute approximate surface area is 203 Å². The summed E-state index contributed by atoms with van der Waals surface area (Å²) >= 11 is 0. The monoisotopic (exact) mass is 480 g/mol. The van der Waals surface area contributed by atoms with Crippen molar-refractivity contribution >= 4 is 22.8 Å². The summed E-state index contributed by atoms with van der Waals surface area (Å²) in [6.45, 7) is 5.34. The van der Waals surface area contributed by atoms with E-state index < -0.39 is 12.0 Å². The van der Waals surface area contributed by atoms with Crippen molar-refractivity contribution in [2.75, 3.05) is 26.2 Å². The molecule has 2 aliphatic rings. The van der Waals surface area contributed by atoms with Crippen LogP contribution in [0.5, 0.6) is 0 Å². The number of aromatic carboxylic acids is 1. The van der Waals surface area contributed by atoms with E-state index in [0.29, 0.717) is 18.3 Å². The van der Waals surface area contributed by atoms with E-state index in [1.807, 2.05) is 11.8 Å². The first-order chi connectivity index (χ1) is 16.9. The van der Waals surface area contributed by atoms with E-state index in [2.05, 4.69) is 42.4 Å². The van der Waals surface area contributed by atoms with Crippen molar-refractivity contribution in [3.63, 3.8) is 0 Å². The van der Waals surface area contributed by atoms with Crippen molar-refractivity contribution in [3.8, 4) is 0 Å². The van der Waals surface area contributed by atoms with Crippen LogP contribution in [0.2, 0.25) is 0 Å². The third-order valence-corrected chi connectivity index (χ3v) is 7.49. The molecule has 0 radical (unpaired) electrons. The number of nitrogens with one attached hydrogen (secondary N) is 2. The molecule has 5 rings (SSSR count). The summed E-state index contributed by atoms with van der Waals surface area (Å²) in [6.07, 6.45) is 6.02. The lowest BCUT2D eigenvalue weighted by Crippen LogP contribution is -2.52. The van der Waals surface area contributed by atoms with Gasteiger partial charge in [0.25, 0.3) is 0 Å². The molecule has 2 aliphatic heterocycles. The van der Waals surface area contributed by atoms with Crippen molar-refractivity contribution in [2.24, 2.45) is 5.73 Å². The second-order valence-electron chi connectivity index (χ2n) is 9.79. The Morgan fingerprint density at radius 1 is 1.14 bits per heavy atom. The van der Waals surface area contributed by atoms with Crippen LogP contribution < -0.4 is 5.73 Å². The molecule has 2 aromatic heterocycles. The summed E-state index contributed by atoms with van der Waals surface area (Å²) in [5.74, 6) is -0.298. The molecule has 0 spiro atoms. The number of amides is 1. The lowest BCUT2D eigenvalue weighted by atomic mass is 9.92. The van der Waals surface area contributed by atoms with Gasteiger partial charge in [0.2, 0.25) is 11.7 Å². The number of rotatable bonds is 6. The van der Waals surface area contributed by atoms with Crippen molar-refractivity contribution in [1.82, 2.24) is 35.2 Å². The van der Waals surface area contributed by atoms with E-state index in [4.69, 9.17) is 10.8 Å². The van der Waals surface area contributed by atoms with E-state index in [1.165, 1.54) is 0 Å². The third-order valence-electron chi connectivity index (χ3n) is 7.49. The molecule has 0 bridgehead atoms. The Morgan fingerprint density at radius 3 is 2.57 bits per heavy atom. The largest absolute Gasteiger partial charge is 0.475 e. The summed E-state index contributed by atoms with van der Waals surface area (Å²) in [5.41, 5.74) is 9.52. The summed E-state index contributed by atoms with van der Waals surface area (Å²) in [7, 11) is 0. The molecule has 11 heteroatoms. The molecular weight excluding hydrogens is 448 g/mol. The lowest BCUT2D eigenvalue weighted by molar-refractivity contribution is -0.134. The van der Waals surface area contributed by atoms with Crippen LogP contribution in [0.1, 0.15) is 59.2 Å². The Morgan fingerprint density at radius 2 is 1.89 bits per heavy atom. The number of fused-ring (bicyclic) bond motifs is 1. The molecule has 1 aromatic carbocycles. The van der Waals surface area contributed by atoms with Gasteiger partial charge in [-0.1, -0.05) is 6.07 Å². The number of piperidine rings is 2. The quantitative estimate of drug-likeness (QED) is 0.413. The average Bonchev–Trinajstić information content (AvgIpc) is 3.54. The highest BCUT2D eigenvalue weighted by Crippen LogP contribution is 2.29. The minimum absolute atomic E-state index is 0.0201. The molecule has 3 aromatic rings. The smallest absolute Gasteiger partial charge is 0.373 e. The zero-order chi connectivity index (χ0) is 24.5. The van der Waals surface area contributed by atoms with Crippen molar-refractivity contribution in [2.45, 2.75) is 57.0 Å². The second kappa shape index (κ2) is 9.74. The number of nitrogens with zero attached hydrogens (tertiary/aromatic N) is 5. The van der Waals surface area contributed by atoms with Gasteiger partial charge in [-0.05, 0) is 69.3 Å². The first-order valence-corrected chi connectivity index (χ1v) is 12.3. The molecule has 11 nitrogen and oxygen atoms in total. The lowest BCUT2D eigenvalue weighted by Gasteiger charge is -2.42. The second-order valence-corrected chi connectivity index (χ2v) is 9.79. The topological polar surface area (TPSA) is 157 Å². The maximum atomic E-state index is 13.0. The molecule has 0 aliphatic carbocycles. The number of aromatic amines is 2. The van der Waals surface area contributed by atoms with Crippen LogP contribution in [-0.2, 0) is 11.2 Å². The minimum Gasteiger partial charge on any atom is -0.475 e. The number of likely N-dealkylation sites (tertiary alicyclic amines) is 2. The normalized spacial score (nSPS) is 19.3. The molecule has 0 unspecified atom stereocenters. The van der Waals surface area contributed by atoms with E-state index >= 15 is 0 Å². The predicted octanol–water partition coefficient (Wildman–Crippen LogP) is 1.43. The number of carbonyl (C=O) groups is 2. The Kier molecular flexibility index (Phi) is 6.52. The molecule has 2 saturated heterocycles. The number of H-pyrrole nitrogens is 2. The maximum absolute atomic E-state index is 13.0. The summed E-state index contributed by atoms with van der Waals surface area (Å²) < 4.78 is 0. The number of benzene rings is 1. The van der Waals surface area contributed by atoms with Crippen molar-refractivity contribution < 1.29 is 14.7 Å². The van der Waals surface area contributed by atoms with Gasteiger partial charge in [-0.3, -0.25) is 9.89 Å². The Hall–Kier alpha value is -3.31. The van der Waals surface area contributed by atoms with Gasteiger partial charge in [0.05, 0.1) is 17.8 Å². The number of hydrogen-bond donors (Lipinski definition) is 4. The van der Waals surface area contributed by atoms with E-state index in [0.717, 1.165) is 73.9 Å². The number of hydrogen-bond acceptors (Lipinski definition) is 7. The van der Waals surface area contributed by atoms with Gasteiger partial charge >= 0.3 is 5.97 Å². The molecular formula is C24H32N8O3. The zero-order valence-corrected chi connectivity index (χ0v) is 19.9. The van der Waals surface area contributed by atoms with Crippen LogP contribution >= 0.6 is 0 Å². The van der Waals surface area contributed by atoms with Crippen molar-refractivity contribution in [1.29, 1.82) is 0 Å². The van der Waals surface area contributed by atoms with Crippen LogP contribution in [0.25, 0.3) is 10.9 Å². The number of carbonyl (C=O) groups excluding carboxylic acids is 1. The van der Waals surface area contributed by atoms with E-state index in [-0.39, 0.29) is 17.6 Å². The summed E-state index contributed by atoms with van der Waals surface area (Å²) in [5, 5.41) is 24.9. The SMILES string of the molecule is Cc1cc(C[C@@H](N)C(=O)N2CCC(N3CCC(c4nnc(C(=O)O)[nH]4)CC3)CC2)cc2cn[nH]c12. The Bertz CT molecular complexity index is 1200. The van der Waals surface area contributed by atoms with Crippen molar-refractivity contribution in [3.05, 3.63) is 41.1 Å². The van der Waals surface area contributed by atoms with Gasteiger partial charge < -0.3 is 25.6 Å². The van der Waals surface area contributed by atoms with Gasteiger partial charge in [-0.15, -0.1) is 10.2 Å². The van der Waals surface area contributed by atoms with E-state index in [9.17, 15) is 9.59 Å². The number of carboxylic acid groups (broad SMARTS) is 1. The van der Waals surface area contributed by atoms with Gasteiger partial charge in [0.1, 0.15) is 5.82 Å². The maximum Gasteiger partial charge on any atom is 0.373 e. The van der Waals surface area contributed by atoms with Gasteiger partial charge in [-0.25, -0.2) is 4.79 Å². The zero-order valence-electron chi connectivity index (χ0n) is 19.9. The van der Waals surface area contributed by atoms with Gasteiger partial charge in [-0.2, -0.15) is 5.10 Å². The predicted molar refractivity (Wildman–Crippen MR) is 129 cm³/mol. The molecule has 1 atom stereocenters. The highest BCUT2D eigenvalue weighted by atomic mass is 16.4. The first-order valence-electron chi connectivity index (χ1n) is 12.3. The molecule has 4 heterocycles. The first kappa shape index (κ1) is 23.4. The van der Waals surface area contributed by atoms with Crippen LogP contribution in [0.15, 0.2) is 18.3 Å². The molecule has 1 amide bonds. The molecule has 2 fully saturated rings. The fraction of sp³-hybridized carbons (Fsp3) is 0.542. The third kappa shape index (κ3) is 4.92. The number of aryl methyl sites for hydroxylation is 1. The van der Waals surface area contributed by atoms with E-state index in [1.54, 1.807) is 6.20 Å². The van der Waals surface area contributed by atoms with Crippen LogP contribution in [0.3, 0.4) is 0 Å². The summed E-state index contributed by atoms with van der Waals surface area (Å²) in [4.78, 5) is 31.3.